The van der Waals surface area contributed by atoms with E-state index >= 15 is 0 Å². The van der Waals surface area contributed by atoms with Crippen molar-refractivity contribution in [3.05, 3.63) is 71.5 Å². The number of aromatic nitrogens is 4. The SMILES string of the molecule is Cc1nn(-c2ccccc2)c(C)c1C(=O)Nc1nc2ccccc2n1C. The quantitative estimate of drug-likeness (QED) is 0.617. The molecule has 0 saturated carbocycles. The van der Waals surface area contributed by atoms with E-state index < -0.39 is 0 Å². The van der Waals surface area contributed by atoms with Crippen LogP contribution in [0.3, 0.4) is 0 Å². The Labute approximate surface area is 151 Å². The van der Waals surface area contributed by atoms with Gasteiger partial charge in [0, 0.05) is 7.05 Å². The molecule has 0 aliphatic carbocycles. The summed E-state index contributed by atoms with van der Waals surface area (Å²) in [5.74, 6) is 0.308. The highest BCUT2D eigenvalue weighted by Gasteiger charge is 2.21. The molecular formula is C20H19N5O. The monoisotopic (exact) mass is 345 g/mol. The number of para-hydroxylation sites is 3. The third-order valence-electron chi connectivity index (χ3n) is 4.53. The lowest BCUT2D eigenvalue weighted by Crippen LogP contribution is -2.16. The summed E-state index contributed by atoms with van der Waals surface area (Å²) in [4.78, 5) is 17.4. The van der Waals surface area contributed by atoms with Crippen molar-refractivity contribution in [3.8, 4) is 5.69 Å². The first-order valence-corrected chi connectivity index (χ1v) is 8.40. The standard InChI is InChI=1S/C20H19N5O/c1-13-18(14(2)25(23-13)15-9-5-4-6-10-15)19(26)22-20-21-16-11-7-8-12-17(16)24(20)3/h4-12H,1-3H3,(H,21,22,26). The Kier molecular flexibility index (Phi) is 3.80. The molecule has 0 spiro atoms. The number of fused-ring (bicyclic) bond motifs is 1. The van der Waals surface area contributed by atoms with Gasteiger partial charge in [0.05, 0.1) is 33.7 Å². The van der Waals surface area contributed by atoms with E-state index in [0.29, 0.717) is 17.2 Å². The van der Waals surface area contributed by atoms with Gasteiger partial charge in [0.15, 0.2) is 0 Å². The fourth-order valence-corrected chi connectivity index (χ4v) is 3.21. The van der Waals surface area contributed by atoms with Gasteiger partial charge < -0.3 is 4.57 Å². The van der Waals surface area contributed by atoms with Crippen LogP contribution < -0.4 is 5.32 Å². The Hall–Kier alpha value is -3.41. The van der Waals surface area contributed by atoms with Crippen LogP contribution >= 0.6 is 0 Å². The van der Waals surface area contributed by atoms with Gasteiger partial charge in [0.25, 0.3) is 5.91 Å². The van der Waals surface area contributed by atoms with E-state index in [-0.39, 0.29) is 5.91 Å². The molecule has 0 radical (unpaired) electrons. The molecule has 2 aromatic carbocycles. The highest BCUT2D eigenvalue weighted by molar-refractivity contribution is 6.05. The van der Waals surface area contributed by atoms with Crippen LogP contribution in [0, 0.1) is 13.8 Å². The van der Waals surface area contributed by atoms with E-state index in [9.17, 15) is 4.79 Å². The van der Waals surface area contributed by atoms with Crippen molar-refractivity contribution >= 4 is 22.9 Å². The zero-order valence-electron chi connectivity index (χ0n) is 14.9. The Morgan fingerprint density at radius 2 is 1.69 bits per heavy atom. The van der Waals surface area contributed by atoms with Gasteiger partial charge in [0.2, 0.25) is 5.95 Å². The van der Waals surface area contributed by atoms with Crippen LogP contribution in [0.15, 0.2) is 54.6 Å². The Morgan fingerprint density at radius 3 is 2.42 bits per heavy atom. The first kappa shape index (κ1) is 16.1. The minimum Gasteiger partial charge on any atom is -0.313 e. The summed E-state index contributed by atoms with van der Waals surface area (Å²) in [5, 5.41) is 7.46. The Morgan fingerprint density at radius 1 is 1.00 bits per heavy atom. The smallest absolute Gasteiger partial charge is 0.261 e. The lowest BCUT2D eigenvalue weighted by atomic mass is 10.2. The van der Waals surface area contributed by atoms with Crippen molar-refractivity contribution in [1.82, 2.24) is 19.3 Å². The van der Waals surface area contributed by atoms with Crippen LogP contribution in [0.2, 0.25) is 0 Å². The predicted molar refractivity (Wildman–Crippen MR) is 102 cm³/mol. The third-order valence-corrected chi connectivity index (χ3v) is 4.53. The van der Waals surface area contributed by atoms with Crippen LogP contribution in [0.4, 0.5) is 5.95 Å². The number of nitrogens with zero attached hydrogens (tertiary/aromatic N) is 4. The number of carbonyl (C=O) groups is 1. The average Bonchev–Trinajstić information content (AvgIpc) is 3.12. The molecular weight excluding hydrogens is 326 g/mol. The number of aryl methyl sites for hydroxylation is 2. The second-order valence-corrected chi connectivity index (χ2v) is 6.23. The van der Waals surface area contributed by atoms with E-state index in [1.165, 1.54) is 0 Å². The van der Waals surface area contributed by atoms with Gasteiger partial charge in [-0.25, -0.2) is 9.67 Å². The number of anilines is 1. The zero-order valence-corrected chi connectivity index (χ0v) is 14.9. The number of amides is 1. The van der Waals surface area contributed by atoms with Crippen molar-refractivity contribution in [2.75, 3.05) is 5.32 Å². The van der Waals surface area contributed by atoms with Crippen molar-refractivity contribution in [2.45, 2.75) is 13.8 Å². The third kappa shape index (κ3) is 2.56. The highest BCUT2D eigenvalue weighted by atomic mass is 16.1. The number of hydrogen-bond acceptors (Lipinski definition) is 3. The molecule has 0 unspecified atom stereocenters. The van der Waals surface area contributed by atoms with Gasteiger partial charge in [-0.1, -0.05) is 30.3 Å². The molecule has 0 saturated heterocycles. The van der Waals surface area contributed by atoms with Crippen molar-refractivity contribution in [2.24, 2.45) is 7.05 Å². The molecule has 6 heteroatoms. The molecule has 0 atom stereocenters. The van der Waals surface area contributed by atoms with Gasteiger partial charge in [-0.3, -0.25) is 10.1 Å². The lowest BCUT2D eigenvalue weighted by Gasteiger charge is -2.07. The number of hydrogen-bond donors (Lipinski definition) is 1. The predicted octanol–water partition coefficient (Wildman–Crippen LogP) is 3.63. The largest absolute Gasteiger partial charge is 0.313 e. The van der Waals surface area contributed by atoms with E-state index in [1.54, 1.807) is 4.68 Å². The summed E-state index contributed by atoms with van der Waals surface area (Å²) < 4.78 is 3.67. The summed E-state index contributed by atoms with van der Waals surface area (Å²) >= 11 is 0. The second-order valence-electron chi connectivity index (χ2n) is 6.23. The maximum atomic E-state index is 12.9. The van der Waals surface area contributed by atoms with Crippen LogP contribution in [-0.4, -0.2) is 25.2 Å². The molecule has 0 aliphatic rings. The molecule has 0 fully saturated rings. The molecule has 2 heterocycles. The summed E-state index contributed by atoms with van der Waals surface area (Å²) in [6.07, 6.45) is 0. The Balaban J connectivity index is 1.70. The van der Waals surface area contributed by atoms with Gasteiger partial charge in [-0.15, -0.1) is 0 Å². The van der Waals surface area contributed by atoms with Crippen LogP contribution in [0.1, 0.15) is 21.7 Å². The zero-order chi connectivity index (χ0) is 18.3. The number of imidazole rings is 1. The summed E-state index contributed by atoms with van der Waals surface area (Å²) in [7, 11) is 1.89. The molecule has 4 rings (SSSR count). The molecule has 130 valence electrons. The number of benzene rings is 2. The minimum atomic E-state index is -0.208. The maximum absolute atomic E-state index is 12.9. The number of carbonyl (C=O) groups excluding carboxylic acids is 1. The van der Waals surface area contributed by atoms with E-state index in [4.69, 9.17) is 0 Å². The normalized spacial score (nSPS) is 11.0. The fraction of sp³-hybridized carbons (Fsp3) is 0.150. The minimum absolute atomic E-state index is 0.208. The van der Waals surface area contributed by atoms with Crippen molar-refractivity contribution in [1.29, 1.82) is 0 Å². The summed E-state index contributed by atoms with van der Waals surface area (Å²) in [5.41, 5.74) is 4.79. The van der Waals surface area contributed by atoms with Crippen molar-refractivity contribution < 1.29 is 4.79 Å². The maximum Gasteiger partial charge on any atom is 0.261 e. The van der Waals surface area contributed by atoms with Gasteiger partial charge in [-0.05, 0) is 38.1 Å². The molecule has 1 amide bonds. The first-order chi connectivity index (χ1) is 12.6. The van der Waals surface area contributed by atoms with Crippen LogP contribution in [-0.2, 0) is 7.05 Å². The van der Waals surface area contributed by atoms with Gasteiger partial charge in [0.1, 0.15) is 0 Å². The molecule has 0 bridgehead atoms. The van der Waals surface area contributed by atoms with Gasteiger partial charge in [-0.2, -0.15) is 5.10 Å². The summed E-state index contributed by atoms with van der Waals surface area (Å²) in [6, 6.07) is 17.6. The number of rotatable bonds is 3. The highest BCUT2D eigenvalue weighted by Crippen LogP contribution is 2.21. The van der Waals surface area contributed by atoms with E-state index in [0.717, 1.165) is 22.4 Å². The number of nitrogens with one attached hydrogen (secondary N) is 1. The van der Waals surface area contributed by atoms with E-state index in [2.05, 4.69) is 15.4 Å². The van der Waals surface area contributed by atoms with Crippen LogP contribution in [0.5, 0.6) is 0 Å². The molecule has 2 aromatic heterocycles. The summed E-state index contributed by atoms with van der Waals surface area (Å²) in [6.45, 7) is 3.74. The topological polar surface area (TPSA) is 64.7 Å². The first-order valence-electron chi connectivity index (χ1n) is 8.40. The Bertz CT molecular complexity index is 1110. The van der Waals surface area contributed by atoms with Crippen molar-refractivity contribution in [3.63, 3.8) is 0 Å². The molecule has 6 nitrogen and oxygen atoms in total. The second kappa shape index (κ2) is 6.15. The average molecular weight is 345 g/mol. The molecule has 1 N–H and O–H groups in total. The lowest BCUT2D eigenvalue weighted by molar-refractivity contribution is 0.102. The van der Waals surface area contributed by atoms with Crippen LogP contribution in [0.25, 0.3) is 16.7 Å². The van der Waals surface area contributed by atoms with E-state index in [1.807, 2.05) is 80.1 Å². The molecule has 4 aromatic rings. The van der Waals surface area contributed by atoms with Gasteiger partial charge >= 0.3 is 0 Å². The fourth-order valence-electron chi connectivity index (χ4n) is 3.21. The molecule has 0 aliphatic heterocycles. The molecule has 26 heavy (non-hydrogen) atoms.